The fourth-order valence-corrected chi connectivity index (χ4v) is 11.3. The summed E-state index contributed by atoms with van der Waals surface area (Å²) in [6.07, 6.45) is 25.0. The van der Waals surface area contributed by atoms with Gasteiger partial charge in [-0.1, -0.05) is 66.9 Å². The summed E-state index contributed by atoms with van der Waals surface area (Å²) in [5, 5.41) is 0. The van der Waals surface area contributed by atoms with Crippen LogP contribution in [-0.4, -0.2) is 0 Å². The van der Waals surface area contributed by atoms with Gasteiger partial charge >= 0.3 is 0 Å². The van der Waals surface area contributed by atoms with E-state index in [0.717, 1.165) is 53.3 Å². The van der Waals surface area contributed by atoms with E-state index in [1.807, 2.05) is 0 Å². The molecule has 5 fully saturated rings. The van der Waals surface area contributed by atoms with Crippen LogP contribution in [0.15, 0.2) is 12.7 Å². The molecule has 0 aromatic carbocycles. The molecule has 5 aliphatic carbocycles. The van der Waals surface area contributed by atoms with Gasteiger partial charge in [0.15, 0.2) is 0 Å². The molecule has 35 heavy (non-hydrogen) atoms. The highest BCUT2D eigenvalue weighted by Gasteiger charge is 2.62. The smallest absolute Gasteiger partial charge is 0.0235 e. The number of rotatable bonds is 5. The largest absolute Gasteiger partial charge is 0.103 e. The Kier molecular flexibility index (Phi) is 7.38. The van der Waals surface area contributed by atoms with Gasteiger partial charge in [-0.3, -0.25) is 0 Å². The highest BCUT2D eigenvalue weighted by Crippen LogP contribution is 2.70. The highest BCUT2D eigenvalue weighted by atomic mass is 14.7. The van der Waals surface area contributed by atoms with Crippen molar-refractivity contribution in [1.29, 1.82) is 0 Å². The molecule has 8 unspecified atom stereocenters. The van der Waals surface area contributed by atoms with Crippen molar-refractivity contribution in [3.8, 4) is 0 Å². The van der Waals surface area contributed by atoms with E-state index in [4.69, 9.17) is 0 Å². The van der Waals surface area contributed by atoms with Crippen molar-refractivity contribution < 1.29 is 0 Å². The first kappa shape index (κ1) is 26.4. The average molecular weight is 481 g/mol. The van der Waals surface area contributed by atoms with Crippen molar-refractivity contribution in [1.82, 2.24) is 0 Å². The molecule has 0 nitrogen and oxygen atoms in total. The summed E-state index contributed by atoms with van der Waals surface area (Å²) in [5.74, 6) is 9.22. The van der Waals surface area contributed by atoms with E-state index in [0.29, 0.717) is 16.2 Å². The van der Waals surface area contributed by atoms with Crippen LogP contribution in [0.1, 0.15) is 138 Å². The van der Waals surface area contributed by atoms with E-state index in [2.05, 4.69) is 54.2 Å². The average Bonchev–Trinajstić information content (AvgIpc) is 3.53. The van der Waals surface area contributed by atoms with E-state index >= 15 is 0 Å². The van der Waals surface area contributed by atoms with Gasteiger partial charge < -0.3 is 0 Å². The van der Waals surface area contributed by atoms with Crippen LogP contribution >= 0.6 is 0 Å². The summed E-state index contributed by atoms with van der Waals surface area (Å²) in [4.78, 5) is 0. The van der Waals surface area contributed by atoms with Crippen LogP contribution in [0.2, 0.25) is 0 Å². The van der Waals surface area contributed by atoms with Crippen LogP contribution in [0.4, 0.5) is 0 Å². The Hall–Kier alpha value is -0.260. The zero-order chi connectivity index (χ0) is 25.0. The monoisotopic (exact) mass is 480 g/mol. The Bertz CT molecular complexity index is 686. The lowest BCUT2D eigenvalue weighted by Crippen LogP contribution is -2.44. The third-order valence-corrected chi connectivity index (χ3v) is 13.2. The molecule has 0 aliphatic heterocycles. The fourth-order valence-electron chi connectivity index (χ4n) is 11.3. The molecule has 0 amide bonds. The zero-order valence-corrected chi connectivity index (χ0v) is 24.6. The first-order valence-electron chi connectivity index (χ1n) is 16.2. The lowest BCUT2D eigenvalue weighted by molar-refractivity contribution is -0.0218. The Morgan fingerprint density at radius 3 is 1.71 bits per heavy atom. The van der Waals surface area contributed by atoms with Crippen molar-refractivity contribution >= 4 is 0 Å². The summed E-state index contributed by atoms with van der Waals surface area (Å²) >= 11 is 0. The topological polar surface area (TPSA) is 0 Å². The molecule has 0 heteroatoms. The van der Waals surface area contributed by atoms with Crippen LogP contribution in [0.25, 0.3) is 0 Å². The molecule has 0 heterocycles. The van der Waals surface area contributed by atoms with E-state index in [1.165, 1.54) is 44.9 Å². The van der Waals surface area contributed by atoms with Crippen molar-refractivity contribution in [2.45, 2.75) is 138 Å². The third-order valence-electron chi connectivity index (χ3n) is 13.2. The van der Waals surface area contributed by atoms with Gasteiger partial charge in [0.1, 0.15) is 0 Å². The van der Waals surface area contributed by atoms with Gasteiger partial charge in [-0.2, -0.15) is 0 Å². The molecule has 0 radical (unpaired) electrons. The van der Waals surface area contributed by atoms with Crippen molar-refractivity contribution in [3.63, 3.8) is 0 Å². The van der Waals surface area contributed by atoms with Crippen molar-refractivity contribution in [2.75, 3.05) is 0 Å². The maximum Gasteiger partial charge on any atom is -0.0235 e. The van der Waals surface area contributed by atoms with Crippen molar-refractivity contribution in [2.24, 2.45) is 69.5 Å². The second-order valence-corrected chi connectivity index (χ2v) is 16.6. The van der Waals surface area contributed by atoms with Crippen molar-refractivity contribution in [3.05, 3.63) is 12.7 Å². The van der Waals surface area contributed by atoms with E-state index < -0.39 is 0 Å². The Morgan fingerprint density at radius 2 is 1.23 bits per heavy atom. The lowest BCUT2D eigenvalue weighted by Gasteiger charge is -2.51. The number of fused-ring (bicyclic) bond motifs is 3. The van der Waals surface area contributed by atoms with E-state index in [9.17, 15) is 0 Å². The minimum atomic E-state index is 0.489. The predicted molar refractivity (Wildman–Crippen MR) is 152 cm³/mol. The molecule has 200 valence electrons. The predicted octanol–water partition coefficient (Wildman–Crippen LogP) is 10.7. The Labute approximate surface area is 219 Å². The normalized spacial score (nSPS) is 43.7. The maximum atomic E-state index is 4.04. The first-order chi connectivity index (χ1) is 16.5. The van der Waals surface area contributed by atoms with Gasteiger partial charge in [0.2, 0.25) is 0 Å². The van der Waals surface area contributed by atoms with Crippen LogP contribution in [0.3, 0.4) is 0 Å². The number of allylic oxidation sites excluding steroid dienone is 1. The summed E-state index contributed by atoms with van der Waals surface area (Å²) < 4.78 is 0. The van der Waals surface area contributed by atoms with Crippen LogP contribution < -0.4 is 0 Å². The second-order valence-electron chi connectivity index (χ2n) is 16.6. The van der Waals surface area contributed by atoms with E-state index in [1.54, 1.807) is 51.4 Å². The van der Waals surface area contributed by atoms with Gasteiger partial charge in [-0.05, 0) is 147 Å². The summed E-state index contributed by atoms with van der Waals surface area (Å²) in [6.45, 7) is 19.4. The van der Waals surface area contributed by atoms with Crippen LogP contribution in [-0.2, 0) is 0 Å². The molecule has 0 aromatic rings. The second kappa shape index (κ2) is 9.80. The molecule has 0 bridgehead atoms. The van der Waals surface area contributed by atoms with Crippen LogP contribution in [0.5, 0.6) is 0 Å². The van der Waals surface area contributed by atoms with Gasteiger partial charge in [0, 0.05) is 0 Å². The molecule has 0 aromatic heterocycles. The summed E-state index contributed by atoms with van der Waals surface area (Å²) in [6, 6.07) is 0. The number of hydrogen-bond acceptors (Lipinski definition) is 0. The molecular weight excluding hydrogens is 420 g/mol. The van der Waals surface area contributed by atoms with Gasteiger partial charge in [0.25, 0.3) is 0 Å². The van der Waals surface area contributed by atoms with Gasteiger partial charge in [0.05, 0.1) is 0 Å². The first-order valence-corrected chi connectivity index (χ1v) is 16.2. The standard InChI is InChI=1S/C35H60/c1-8-9-12-24-13-14-27(21-24)35(19-10-11-20-35)32-30-22-25(33(2,3)4)15-17-28(30)29-18-16-26(23-31(29)32)34(5,6)7/h8,24-32H,1,9-23H2,2-7H3. The van der Waals surface area contributed by atoms with E-state index in [-0.39, 0.29) is 0 Å². The molecule has 8 atom stereocenters. The minimum Gasteiger partial charge on any atom is -0.103 e. The van der Waals surface area contributed by atoms with Gasteiger partial charge in [-0.15, -0.1) is 6.58 Å². The molecule has 5 rings (SSSR count). The maximum absolute atomic E-state index is 4.04. The minimum absolute atomic E-state index is 0.489. The molecule has 0 saturated heterocycles. The summed E-state index contributed by atoms with van der Waals surface area (Å²) in [5.41, 5.74) is 1.68. The lowest BCUT2D eigenvalue weighted by atomic mass is 9.54. The van der Waals surface area contributed by atoms with Gasteiger partial charge in [-0.25, -0.2) is 0 Å². The fraction of sp³-hybridized carbons (Fsp3) is 0.943. The molecular formula is C35H60. The SMILES string of the molecule is C=CCCC1CCC(C2(C3C4CC(C(C)(C)C)CCC4C4CCC(C(C)(C)C)CC43)CCCC2)C1. The third kappa shape index (κ3) is 4.85. The molecule has 5 aliphatic rings. The Balaban J connectivity index is 1.49. The summed E-state index contributed by atoms with van der Waals surface area (Å²) in [7, 11) is 0. The highest BCUT2D eigenvalue weighted by molar-refractivity contribution is 5.11. The number of hydrogen-bond donors (Lipinski definition) is 0. The molecule has 5 saturated carbocycles. The quantitative estimate of drug-likeness (QED) is 0.343. The molecule has 0 N–H and O–H groups in total. The zero-order valence-electron chi connectivity index (χ0n) is 24.6. The van der Waals surface area contributed by atoms with Crippen LogP contribution in [0, 0.1) is 69.5 Å². The molecule has 0 spiro atoms. The Morgan fingerprint density at radius 1 is 0.686 bits per heavy atom.